The van der Waals surface area contributed by atoms with Crippen molar-refractivity contribution in [3.63, 3.8) is 0 Å². The second-order valence-corrected chi connectivity index (χ2v) is 12.2. The molecule has 1 saturated heterocycles. The minimum atomic E-state index is -0.442. The Morgan fingerprint density at radius 3 is 1.57 bits per heavy atom. The molecule has 0 spiro atoms. The van der Waals surface area contributed by atoms with Crippen LogP contribution in [-0.4, -0.2) is 39.6 Å². The fourth-order valence-corrected chi connectivity index (χ4v) is 4.72. The highest BCUT2D eigenvalue weighted by Gasteiger charge is 2.52. The highest BCUT2D eigenvalue weighted by atomic mass is 79.9. The summed E-state index contributed by atoms with van der Waals surface area (Å²) in [6, 6.07) is 13.1. The Morgan fingerprint density at radius 1 is 0.650 bits per heavy atom. The molecule has 3 aromatic carbocycles. The number of hydrogen-bond donors (Lipinski definition) is 0. The van der Waals surface area contributed by atoms with E-state index < -0.39 is 7.12 Å². The van der Waals surface area contributed by atoms with E-state index in [0.29, 0.717) is 10.0 Å². The molecule has 4 rings (SSSR count). The summed E-state index contributed by atoms with van der Waals surface area (Å²) >= 11 is 21.5. The number of halogens is 4. The molecule has 0 saturated carbocycles. The monoisotopic (exact) mass is 672 g/mol. The molecule has 0 aliphatic carbocycles. The third-order valence-electron chi connectivity index (χ3n) is 7.04. The van der Waals surface area contributed by atoms with Crippen LogP contribution in [0.15, 0.2) is 46.9 Å². The van der Waals surface area contributed by atoms with Crippen molar-refractivity contribution in [1.29, 1.82) is 0 Å². The van der Waals surface area contributed by atoms with Gasteiger partial charge in [-0.25, -0.2) is 0 Å². The highest BCUT2D eigenvalue weighted by Crippen LogP contribution is 2.38. The molecular formula is C30H37BBrCl3O5. The summed E-state index contributed by atoms with van der Waals surface area (Å²) in [4.78, 5) is 0. The predicted molar refractivity (Wildman–Crippen MR) is 172 cm³/mol. The molecule has 1 heterocycles. The lowest BCUT2D eigenvalue weighted by atomic mass is 9.78. The quantitative estimate of drug-likeness (QED) is 0.259. The second kappa shape index (κ2) is 14.5. The normalized spacial score (nSPS) is 14.9. The first-order valence-electron chi connectivity index (χ1n) is 12.6. The third kappa shape index (κ3) is 8.02. The van der Waals surface area contributed by atoms with Gasteiger partial charge in [0, 0.05) is 36.7 Å². The molecule has 0 bridgehead atoms. The third-order valence-corrected chi connectivity index (χ3v) is 9.33. The van der Waals surface area contributed by atoms with Crippen LogP contribution in [0.5, 0.6) is 17.2 Å². The van der Waals surface area contributed by atoms with E-state index in [-0.39, 0.29) is 11.2 Å². The lowest BCUT2D eigenvalue weighted by molar-refractivity contribution is 0.00578. The lowest BCUT2D eigenvalue weighted by Gasteiger charge is -2.32. The highest BCUT2D eigenvalue weighted by molar-refractivity contribution is 9.10. The fourth-order valence-electron chi connectivity index (χ4n) is 3.73. The van der Waals surface area contributed by atoms with Gasteiger partial charge in [0.1, 0.15) is 17.2 Å². The van der Waals surface area contributed by atoms with E-state index in [4.69, 9.17) is 58.3 Å². The average Bonchev–Trinajstić information content (AvgIpc) is 3.13. The van der Waals surface area contributed by atoms with Gasteiger partial charge < -0.3 is 23.5 Å². The first kappa shape index (κ1) is 34.6. The lowest BCUT2D eigenvalue weighted by Crippen LogP contribution is -2.41. The van der Waals surface area contributed by atoms with Gasteiger partial charge in [-0.15, -0.1) is 0 Å². The van der Waals surface area contributed by atoms with Crippen LogP contribution in [0.3, 0.4) is 0 Å². The predicted octanol–water partition coefficient (Wildman–Crippen LogP) is 9.03. The zero-order valence-electron chi connectivity index (χ0n) is 24.7. The van der Waals surface area contributed by atoms with E-state index in [1.165, 1.54) is 0 Å². The first-order valence-corrected chi connectivity index (χ1v) is 14.5. The van der Waals surface area contributed by atoms with E-state index in [0.717, 1.165) is 48.9 Å². The number of ether oxygens (including phenoxy) is 3. The molecule has 218 valence electrons. The van der Waals surface area contributed by atoms with Crippen LogP contribution in [0, 0.1) is 20.8 Å². The van der Waals surface area contributed by atoms with Crippen molar-refractivity contribution in [1.82, 2.24) is 0 Å². The largest absolute Gasteiger partial charge is 0.496 e. The van der Waals surface area contributed by atoms with Gasteiger partial charge in [0.05, 0.1) is 37.6 Å². The minimum Gasteiger partial charge on any atom is -0.496 e. The van der Waals surface area contributed by atoms with Crippen LogP contribution in [0.1, 0.15) is 44.4 Å². The van der Waals surface area contributed by atoms with Crippen LogP contribution in [0.2, 0.25) is 15.1 Å². The Bertz CT molecular complexity index is 1300. The zero-order chi connectivity index (χ0) is 30.4. The molecule has 0 radical (unpaired) electrons. The summed E-state index contributed by atoms with van der Waals surface area (Å²) < 4.78 is 28.3. The first-order chi connectivity index (χ1) is 18.6. The Kier molecular flexibility index (Phi) is 12.6. The van der Waals surface area contributed by atoms with E-state index in [9.17, 15) is 0 Å². The maximum atomic E-state index is 6.40. The van der Waals surface area contributed by atoms with Gasteiger partial charge in [0.15, 0.2) is 0 Å². The van der Waals surface area contributed by atoms with Gasteiger partial charge in [0.2, 0.25) is 0 Å². The van der Waals surface area contributed by atoms with Crippen molar-refractivity contribution in [2.45, 2.75) is 59.7 Å². The second-order valence-electron chi connectivity index (χ2n) is 10.1. The fraction of sp³-hybridized carbons (Fsp3) is 0.400. The smallest absolute Gasteiger partial charge is 0.496 e. The Balaban J connectivity index is 0.000000228. The summed E-state index contributed by atoms with van der Waals surface area (Å²) in [7, 11) is 4.46. The van der Waals surface area contributed by atoms with Gasteiger partial charge in [-0.3, -0.25) is 0 Å². The SMILES string of the molecule is COc1ccc(B2OC(C)(C)C(C)(C)O2)c(Cl)c1C.COc1ccc(Br)c(Cl)c1C.COc1cccc(Cl)c1C. The van der Waals surface area contributed by atoms with Crippen molar-refractivity contribution in [2.24, 2.45) is 0 Å². The van der Waals surface area contributed by atoms with Crippen LogP contribution < -0.4 is 19.7 Å². The molecule has 10 heteroatoms. The van der Waals surface area contributed by atoms with Crippen LogP contribution in [0.25, 0.3) is 0 Å². The number of hydrogen-bond acceptors (Lipinski definition) is 5. The summed E-state index contributed by atoms with van der Waals surface area (Å²) in [5.74, 6) is 2.43. The summed E-state index contributed by atoms with van der Waals surface area (Å²) in [5, 5.41) is 2.10. The topological polar surface area (TPSA) is 46.2 Å². The van der Waals surface area contributed by atoms with E-state index in [1.807, 2.05) is 90.9 Å². The molecule has 0 amide bonds. The standard InChI is InChI=1S/C14H20BClO3.C8H8BrClO.C8H9ClO/c1-9-11(17-6)8-7-10(12(9)16)15-18-13(2,3)14(4,5)19-15;1-5-7(11-2)4-3-6(9)8(5)10;1-6-7(9)4-3-5-8(6)10-2/h7-8H,1-6H3;3-4H,1-2H3;3-5H,1-2H3. The Hall–Kier alpha value is -1.61. The summed E-state index contributed by atoms with van der Waals surface area (Å²) in [6.45, 7) is 13.9. The van der Waals surface area contributed by atoms with Crippen LogP contribution in [0.4, 0.5) is 0 Å². The molecule has 1 fully saturated rings. The maximum absolute atomic E-state index is 6.40. The van der Waals surface area contributed by atoms with Gasteiger partial charge in [0.25, 0.3) is 0 Å². The van der Waals surface area contributed by atoms with Gasteiger partial charge >= 0.3 is 7.12 Å². The van der Waals surface area contributed by atoms with Crippen molar-refractivity contribution < 1.29 is 23.5 Å². The minimum absolute atomic E-state index is 0.366. The molecule has 0 N–H and O–H groups in total. The molecular weight excluding hydrogens is 637 g/mol. The Morgan fingerprint density at radius 2 is 1.10 bits per heavy atom. The molecule has 5 nitrogen and oxygen atoms in total. The van der Waals surface area contributed by atoms with Gasteiger partial charge in [-0.05, 0) is 94.7 Å². The van der Waals surface area contributed by atoms with E-state index >= 15 is 0 Å². The summed E-state index contributed by atoms with van der Waals surface area (Å²) in [6.07, 6.45) is 0. The molecule has 40 heavy (non-hydrogen) atoms. The van der Waals surface area contributed by atoms with Crippen molar-refractivity contribution in [3.05, 3.63) is 78.7 Å². The molecule has 0 unspecified atom stereocenters. The van der Waals surface area contributed by atoms with E-state index in [1.54, 1.807) is 21.3 Å². The molecule has 1 aliphatic heterocycles. The van der Waals surface area contributed by atoms with Gasteiger partial charge in [-0.2, -0.15) is 0 Å². The number of methoxy groups -OCH3 is 3. The molecule has 0 aromatic heterocycles. The zero-order valence-corrected chi connectivity index (χ0v) is 28.5. The van der Waals surface area contributed by atoms with Gasteiger partial charge in [-0.1, -0.05) is 46.9 Å². The number of rotatable bonds is 4. The van der Waals surface area contributed by atoms with Crippen molar-refractivity contribution >= 4 is 63.3 Å². The average molecular weight is 675 g/mol. The molecule has 3 aromatic rings. The molecule has 1 aliphatic rings. The Labute approximate surface area is 262 Å². The van der Waals surface area contributed by atoms with Crippen molar-refractivity contribution in [2.75, 3.05) is 21.3 Å². The molecule has 0 atom stereocenters. The van der Waals surface area contributed by atoms with Crippen molar-refractivity contribution in [3.8, 4) is 17.2 Å². The van der Waals surface area contributed by atoms with Crippen LogP contribution >= 0.6 is 50.7 Å². The van der Waals surface area contributed by atoms with E-state index in [2.05, 4.69) is 15.9 Å². The summed E-state index contributed by atoms with van der Waals surface area (Å²) in [5.41, 5.74) is 2.97. The van der Waals surface area contributed by atoms with Crippen LogP contribution in [-0.2, 0) is 9.31 Å². The number of benzene rings is 3. The maximum Gasteiger partial charge on any atom is 0.496 e.